The van der Waals surface area contributed by atoms with Crippen LogP contribution >= 0.6 is 27.3 Å². The summed E-state index contributed by atoms with van der Waals surface area (Å²) < 4.78 is 3.43. The molecule has 0 unspecified atom stereocenters. The van der Waals surface area contributed by atoms with Gasteiger partial charge in [-0.25, -0.2) is 0 Å². The van der Waals surface area contributed by atoms with E-state index in [1.165, 1.54) is 27.8 Å². The number of thiophene rings is 1. The second kappa shape index (κ2) is 4.96. The minimum absolute atomic E-state index is 0.784. The molecule has 17 heavy (non-hydrogen) atoms. The van der Waals surface area contributed by atoms with Crippen molar-refractivity contribution in [2.24, 2.45) is 0 Å². The molecule has 1 aliphatic rings. The fourth-order valence-corrected chi connectivity index (χ4v) is 3.32. The summed E-state index contributed by atoms with van der Waals surface area (Å²) in [6.45, 7) is 1.98. The van der Waals surface area contributed by atoms with Gasteiger partial charge in [-0.1, -0.05) is 0 Å². The summed E-state index contributed by atoms with van der Waals surface area (Å²) in [5, 5.41) is 5.67. The van der Waals surface area contributed by atoms with Crippen LogP contribution in [0.5, 0.6) is 0 Å². The Balaban J connectivity index is 1.59. The highest BCUT2D eigenvalue weighted by Gasteiger charge is 2.19. The molecule has 90 valence electrons. The Hall–Kier alpha value is -0.580. The van der Waals surface area contributed by atoms with Gasteiger partial charge in [-0.15, -0.1) is 11.3 Å². The Morgan fingerprint density at radius 1 is 1.47 bits per heavy atom. The van der Waals surface area contributed by atoms with E-state index in [4.69, 9.17) is 0 Å². The van der Waals surface area contributed by atoms with Gasteiger partial charge in [0, 0.05) is 39.7 Å². The van der Waals surface area contributed by atoms with Crippen molar-refractivity contribution >= 4 is 27.3 Å². The maximum absolute atomic E-state index is 3.54. The maximum Gasteiger partial charge on any atom is 0.0564 e. The van der Waals surface area contributed by atoms with Gasteiger partial charge in [0.1, 0.15) is 0 Å². The van der Waals surface area contributed by atoms with Gasteiger partial charge in [0.15, 0.2) is 0 Å². The molecule has 0 spiro atoms. The summed E-state index contributed by atoms with van der Waals surface area (Å²) >= 11 is 5.29. The van der Waals surface area contributed by atoms with Crippen molar-refractivity contribution in [1.29, 1.82) is 0 Å². The van der Waals surface area contributed by atoms with Gasteiger partial charge >= 0.3 is 0 Å². The number of hydrogen-bond donors (Lipinski definition) is 1. The lowest BCUT2D eigenvalue weighted by atomic mass is 10.3. The van der Waals surface area contributed by atoms with Crippen LogP contribution in [0.4, 0.5) is 0 Å². The van der Waals surface area contributed by atoms with E-state index in [0.29, 0.717) is 0 Å². The number of rotatable bonds is 5. The summed E-state index contributed by atoms with van der Waals surface area (Å²) in [5.74, 6) is 0. The number of hydrogen-bond acceptors (Lipinski definition) is 2. The summed E-state index contributed by atoms with van der Waals surface area (Å²) in [5.41, 5.74) is 1.38. The van der Waals surface area contributed by atoms with E-state index in [-0.39, 0.29) is 0 Å². The topological polar surface area (TPSA) is 17.0 Å². The van der Waals surface area contributed by atoms with Crippen LogP contribution in [0.2, 0.25) is 0 Å². The van der Waals surface area contributed by atoms with E-state index in [1.54, 1.807) is 11.3 Å². The van der Waals surface area contributed by atoms with Gasteiger partial charge in [0.2, 0.25) is 0 Å². The minimum atomic E-state index is 0.784. The summed E-state index contributed by atoms with van der Waals surface area (Å²) in [6.07, 6.45) is 7.11. The first-order valence-electron chi connectivity index (χ1n) is 5.90. The predicted octanol–water partition coefficient (Wildman–Crippen LogP) is 3.61. The van der Waals surface area contributed by atoms with E-state index in [1.807, 2.05) is 0 Å². The Bertz CT molecular complexity index is 499. The SMILES string of the molecule is Brc1csc(Cn2ccc(CNC3CC3)c2)c1. The van der Waals surface area contributed by atoms with Crippen LogP contribution in [-0.4, -0.2) is 10.6 Å². The molecule has 0 amide bonds. The molecule has 0 aromatic carbocycles. The molecule has 1 N–H and O–H groups in total. The van der Waals surface area contributed by atoms with Gasteiger partial charge in [0.25, 0.3) is 0 Å². The molecular weight excluding hydrogens is 296 g/mol. The van der Waals surface area contributed by atoms with Gasteiger partial charge in [0.05, 0.1) is 6.54 Å². The molecule has 0 aliphatic heterocycles. The molecule has 1 fully saturated rings. The lowest BCUT2D eigenvalue weighted by Gasteiger charge is -2.00. The minimum Gasteiger partial charge on any atom is -0.349 e. The number of nitrogens with zero attached hydrogens (tertiary/aromatic N) is 1. The van der Waals surface area contributed by atoms with Crippen molar-refractivity contribution in [3.63, 3.8) is 0 Å². The fraction of sp³-hybridized carbons (Fsp3) is 0.385. The van der Waals surface area contributed by atoms with E-state index < -0.39 is 0 Å². The normalized spacial score (nSPS) is 15.4. The highest BCUT2D eigenvalue weighted by molar-refractivity contribution is 9.10. The van der Waals surface area contributed by atoms with Gasteiger partial charge < -0.3 is 9.88 Å². The molecule has 2 heterocycles. The van der Waals surface area contributed by atoms with Crippen LogP contribution in [-0.2, 0) is 13.1 Å². The molecule has 2 aromatic rings. The number of halogens is 1. The largest absolute Gasteiger partial charge is 0.349 e. The quantitative estimate of drug-likeness (QED) is 0.892. The fourth-order valence-electron chi connectivity index (χ4n) is 1.86. The van der Waals surface area contributed by atoms with Crippen molar-refractivity contribution in [2.75, 3.05) is 0 Å². The first-order chi connectivity index (χ1) is 8.29. The lowest BCUT2D eigenvalue weighted by molar-refractivity contribution is 0.685. The first kappa shape index (κ1) is 11.5. The van der Waals surface area contributed by atoms with Crippen molar-refractivity contribution in [3.05, 3.63) is 44.8 Å². The first-order valence-corrected chi connectivity index (χ1v) is 7.58. The van der Waals surface area contributed by atoms with Crippen LogP contribution in [0.3, 0.4) is 0 Å². The van der Waals surface area contributed by atoms with E-state index >= 15 is 0 Å². The van der Waals surface area contributed by atoms with Crippen molar-refractivity contribution in [1.82, 2.24) is 9.88 Å². The predicted molar refractivity (Wildman–Crippen MR) is 75.4 cm³/mol. The second-order valence-corrected chi connectivity index (χ2v) is 6.49. The average molecular weight is 311 g/mol. The summed E-state index contributed by atoms with van der Waals surface area (Å²) in [6, 6.07) is 5.18. The Morgan fingerprint density at radius 2 is 2.35 bits per heavy atom. The third-order valence-electron chi connectivity index (χ3n) is 2.94. The smallest absolute Gasteiger partial charge is 0.0564 e. The number of aromatic nitrogens is 1. The van der Waals surface area contributed by atoms with Gasteiger partial charge in [-0.3, -0.25) is 0 Å². The van der Waals surface area contributed by atoms with Gasteiger partial charge in [-0.05, 0) is 46.5 Å². The van der Waals surface area contributed by atoms with Crippen LogP contribution < -0.4 is 5.32 Å². The maximum atomic E-state index is 3.54. The molecule has 4 heteroatoms. The van der Waals surface area contributed by atoms with Crippen molar-refractivity contribution in [2.45, 2.75) is 32.0 Å². The Labute approximate surface area is 114 Å². The summed E-state index contributed by atoms with van der Waals surface area (Å²) in [4.78, 5) is 1.38. The van der Waals surface area contributed by atoms with Crippen LogP contribution in [0.1, 0.15) is 23.3 Å². The van der Waals surface area contributed by atoms with E-state index in [0.717, 1.165) is 19.1 Å². The number of nitrogens with one attached hydrogen (secondary N) is 1. The molecule has 2 nitrogen and oxygen atoms in total. The highest BCUT2D eigenvalue weighted by atomic mass is 79.9. The Morgan fingerprint density at radius 3 is 3.06 bits per heavy atom. The second-order valence-electron chi connectivity index (χ2n) is 4.58. The molecule has 0 bridgehead atoms. The van der Waals surface area contributed by atoms with Crippen LogP contribution in [0, 0.1) is 0 Å². The van der Waals surface area contributed by atoms with Crippen molar-refractivity contribution < 1.29 is 0 Å². The average Bonchev–Trinajstić information content (AvgIpc) is 2.90. The van der Waals surface area contributed by atoms with Crippen molar-refractivity contribution in [3.8, 4) is 0 Å². The molecular formula is C13H15BrN2S. The molecule has 2 aromatic heterocycles. The van der Waals surface area contributed by atoms with E-state index in [2.05, 4.69) is 55.7 Å². The zero-order chi connectivity index (χ0) is 11.7. The van der Waals surface area contributed by atoms with E-state index in [9.17, 15) is 0 Å². The van der Waals surface area contributed by atoms with Crippen LogP contribution in [0.25, 0.3) is 0 Å². The Kier molecular flexibility index (Phi) is 3.36. The zero-order valence-electron chi connectivity index (χ0n) is 9.53. The zero-order valence-corrected chi connectivity index (χ0v) is 11.9. The molecule has 1 aliphatic carbocycles. The highest BCUT2D eigenvalue weighted by Crippen LogP contribution is 2.21. The van der Waals surface area contributed by atoms with Gasteiger partial charge in [-0.2, -0.15) is 0 Å². The molecule has 0 atom stereocenters. The standard InChI is InChI=1S/C13H15BrN2S/c14-11-5-13(17-9-11)8-16-4-3-10(7-16)6-15-12-1-2-12/h3-5,7,9,12,15H,1-2,6,8H2. The third-order valence-corrected chi connectivity index (χ3v) is 4.63. The molecule has 3 rings (SSSR count). The monoisotopic (exact) mass is 310 g/mol. The molecule has 1 saturated carbocycles. The molecule has 0 saturated heterocycles. The van der Waals surface area contributed by atoms with Crippen LogP contribution in [0.15, 0.2) is 34.4 Å². The molecule has 0 radical (unpaired) electrons. The third kappa shape index (κ3) is 3.21. The summed E-state index contributed by atoms with van der Waals surface area (Å²) in [7, 11) is 0. The lowest BCUT2D eigenvalue weighted by Crippen LogP contribution is -2.14.